The molecule has 0 radical (unpaired) electrons. The average Bonchev–Trinajstić information content (AvgIpc) is 2.26. The third-order valence-corrected chi connectivity index (χ3v) is 2.70. The van der Waals surface area contributed by atoms with E-state index in [9.17, 15) is 9.18 Å². The van der Waals surface area contributed by atoms with E-state index in [1.807, 2.05) is 0 Å². The fourth-order valence-electron chi connectivity index (χ4n) is 1.52. The van der Waals surface area contributed by atoms with Crippen molar-refractivity contribution in [2.24, 2.45) is 0 Å². The second-order valence-corrected chi connectivity index (χ2v) is 4.48. The minimum Gasteiger partial charge on any atom is -0.306 e. The molecule has 0 saturated carbocycles. The Labute approximate surface area is 118 Å². The lowest BCUT2D eigenvalue weighted by atomic mass is 10.1. The monoisotopic (exact) mass is 299 g/mol. The van der Waals surface area contributed by atoms with Crippen LogP contribution < -0.4 is 5.32 Å². The van der Waals surface area contributed by atoms with E-state index >= 15 is 0 Å². The van der Waals surface area contributed by atoms with Crippen LogP contribution in [0.25, 0.3) is 0 Å². The van der Waals surface area contributed by atoms with Gasteiger partial charge in [-0.25, -0.2) is 14.4 Å². The van der Waals surface area contributed by atoms with Crippen LogP contribution in [0.15, 0.2) is 24.3 Å². The predicted octanol–water partition coefficient (Wildman–Crippen LogP) is 3.48. The topological polar surface area (TPSA) is 54.9 Å². The Balaban J connectivity index is 2.25. The number of nitrogens with one attached hydrogen (secondary N) is 1. The molecule has 0 spiro atoms. The van der Waals surface area contributed by atoms with E-state index in [1.165, 1.54) is 24.3 Å². The molecule has 0 aliphatic carbocycles. The van der Waals surface area contributed by atoms with Gasteiger partial charge in [-0.3, -0.25) is 4.79 Å². The van der Waals surface area contributed by atoms with Crippen molar-refractivity contribution in [3.8, 4) is 0 Å². The maximum Gasteiger partial charge on any atom is 0.257 e. The molecule has 4 nitrogen and oxygen atoms in total. The second-order valence-electron chi connectivity index (χ2n) is 3.76. The van der Waals surface area contributed by atoms with E-state index in [0.717, 1.165) is 0 Å². The highest BCUT2D eigenvalue weighted by Crippen LogP contribution is 2.16. The summed E-state index contributed by atoms with van der Waals surface area (Å²) in [6.45, 7) is 1.64. The van der Waals surface area contributed by atoms with Crippen LogP contribution in [0.2, 0.25) is 10.4 Å². The van der Waals surface area contributed by atoms with Gasteiger partial charge in [0.1, 0.15) is 16.8 Å². The number of aromatic nitrogens is 2. The van der Waals surface area contributed by atoms with E-state index in [1.54, 1.807) is 6.92 Å². The lowest BCUT2D eigenvalue weighted by Crippen LogP contribution is -2.14. The summed E-state index contributed by atoms with van der Waals surface area (Å²) >= 11 is 11.3. The summed E-state index contributed by atoms with van der Waals surface area (Å²) in [7, 11) is 0. The molecule has 7 heteroatoms. The Morgan fingerprint density at radius 1 is 1.26 bits per heavy atom. The molecule has 2 rings (SSSR count). The number of aryl methyl sites for hydroxylation is 1. The molecule has 2 aromatic rings. The number of halogens is 3. The van der Waals surface area contributed by atoms with Crippen molar-refractivity contribution in [2.45, 2.75) is 6.92 Å². The first-order valence-corrected chi connectivity index (χ1v) is 5.99. The van der Waals surface area contributed by atoms with Gasteiger partial charge in [-0.1, -0.05) is 11.6 Å². The highest BCUT2D eigenvalue weighted by molar-refractivity contribution is 6.32. The number of anilines is 1. The molecule has 98 valence electrons. The minimum absolute atomic E-state index is 0.0707. The Hall–Kier alpha value is -1.72. The first kappa shape index (κ1) is 13.7. The zero-order valence-corrected chi connectivity index (χ0v) is 11.3. The van der Waals surface area contributed by atoms with Gasteiger partial charge in [0.15, 0.2) is 0 Å². The van der Waals surface area contributed by atoms with Gasteiger partial charge in [0.2, 0.25) is 5.28 Å². The molecule has 0 aliphatic heterocycles. The van der Waals surface area contributed by atoms with E-state index in [0.29, 0.717) is 11.1 Å². The van der Waals surface area contributed by atoms with Gasteiger partial charge in [0, 0.05) is 11.6 Å². The molecule has 1 amide bonds. The molecule has 0 saturated heterocycles. The van der Waals surface area contributed by atoms with E-state index in [2.05, 4.69) is 15.3 Å². The third kappa shape index (κ3) is 3.39. The first-order chi connectivity index (χ1) is 8.95. The number of rotatable bonds is 2. The van der Waals surface area contributed by atoms with E-state index in [4.69, 9.17) is 23.2 Å². The van der Waals surface area contributed by atoms with Gasteiger partial charge in [0.05, 0.1) is 0 Å². The molecule has 0 fully saturated rings. The molecule has 1 aromatic carbocycles. The molecule has 0 bridgehead atoms. The van der Waals surface area contributed by atoms with Crippen LogP contribution in [0.1, 0.15) is 15.9 Å². The lowest BCUT2D eigenvalue weighted by molar-refractivity contribution is 0.102. The van der Waals surface area contributed by atoms with Gasteiger partial charge in [0.25, 0.3) is 5.91 Å². The highest BCUT2D eigenvalue weighted by Gasteiger charge is 2.11. The number of nitrogens with zero attached hydrogens (tertiary/aromatic N) is 2. The molecule has 0 unspecified atom stereocenters. The molecule has 0 atom stereocenters. The molecule has 1 heterocycles. The van der Waals surface area contributed by atoms with Crippen molar-refractivity contribution in [3.63, 3.8) is 0 Å². The van der Waals surface area contributed by atoms with Crippen molar-refractivity contribution in [3.05, 3.63) is 51.6 Å². The predicted molar refractivity (Wildman–Crippen MR) is 71.1 cm³/mol. The summed E-state index contributed by atoms with van der Waals surface area (Å²) in [6.07, 6.45) is 0. The third-order valence-electron chi connectivity index (χ3n) is 2.34. The standard InChI is InChI=1S/C12H8Cl2FN3O/c1-6-4-7(15)2-3-8(6)11(19)17-10-5-9(13)16-12(14)18-10/h2-5H,1H3,(H,16,17,18,19). The number of benzene rings is 1. The van der Waals surface area contributed by atoms with Gasteiger partial charge in [-0.2, -0.15) is 0 Å². The van der Waals surface area contributed by atoms with Crippen LogP contribution in [-0.4, -0.2) is 15.9 Å². The second kappa shape index (κ2) is 5.50. The molecule has 19 heavy (non-hydrogen) atoms. The minimum atomic E-state index is -0.427. The number of hydrogen-bond donors (Lipinski definition) is 1. The van der Waals surface area contributed by atoms with Gasteiger partial charge in [-0.05, 0) is 42.3 Å². The van der Waals surface area contributed by atoms with Crippen molar-refractivity contribution >= 4 is 34.9 Å². The highest BCUT2D eigenvalue weighted by atomic mass is 35.5. The maximum absolute atomic E-state index is 13.0. The smallest absolute Gasteiger partial charge is 0.257 e. The summed E-state index contributed by atoms with van der Waals surface area (Å²) in [6, 6.07) is 5.24. The number of hydrogen-bond acceptors (Lipinski definition) is 3. The lowest BCUT2D eigenvalue weighted by Gasteiger charge is -2.07. The van der Waals surface area contributed by atoms with Crippen LogP contribution in [0.3, 0.4) is 0 Å². The van der Waals surface area contributed by atoms with Crippen LogP contribution >= 0.6 is 23.2 Å². The summed E-state index contributed by atoms with van der Waals surface area (Å²) in [5.41, 5.74) is 0.857. The van der Waals surface area contributed by atoms with Crippen LogP contribution in [-0.2, 0) is 0 Å². The number of amides is 1. The fourth-order valence-corrected chi connectivity index (χ4v) is 1.93. The Morgan fingerprint density at radius 3 is 2.63 bits per heavy atom. The summed E-state index contributed by atoms with van der Waals surface area (Å²) in [5, 5.41) is 2.56. The van der Waals surface area contributed by atoms with Crippen LogP contribution in [0.4, 0.5) is 10.2 Å². The Bertz CT molecular complexity index is 629. The Kier molecular flexibility index (Phi) is 3.97. The largest absolute Gasteiger partial charge is 0.306 e. The van der Waals surface area contributed by atoms with Gasteiger partial charge in [-0.15, -0.1) is 0 Å². The molecular weight excluding hydrogens is 292 g/mol. The summed E-state index contributed by atoms with van der Waals surface area (Å²) in [4.78, 5) is 19.5. The van der Waals surface area contributed by atoms with Gasteiger partial charge < -0.3 is 5.32 Å². The average molecular weight is 300 g/mol. The maximum atomic E-state index is 13.0. The number of carbonyl (C=O) groups is 1. The summed E-state index contributed by atoms with van der Waals surface area (Å²) in [5.74, 6) is -0.649. The molecule has 1 aromatic heterocycles. The summed E-state index contributed by atoms with van der Waals surface area (Å²) < 4.78 is 13.0. The number of carbonyl (C=O) groups excluding carboxylic acids is 1. The molecule has 0 aliphatic rings. The fraction of sp³-hybridized carbons (Fsp3) is 0.0833. The SMILES string of the molecule is Cc1cc(F)ccc1C(=O)Nc1cc(Cl)nc(Cl)n1. The van der Waals surface area contributed by atoms with Crippen LogP contribution in [0, 0.1) is 12.7 Å². The van der Waals surface area contributed by atoms with Crippen molar-refractivity contribution in [1.29, 1.82) is 0 Å². The normalized spacial score (nSPS) is 10.3. The van der Waals surface area contributed by atoms with Crippen molar-refractivity contribution < 1.29 is 9.18 Å². The quantitative estimate of drug-likeness (QED) is 0.682. The van der Waals surface area contributed by atoms with E-state index < -0.39 is 11.7 Å². The Morgan fingerprint density at radius 2 is 2.00 bits per heavy atom. The first-order valence-electron chi connectivity index (χ1n) is 5.23. The van der Waals surface area contributed by atoms with Crippen molar-refractivity contribution in [2.75, 3.05) is 5.32 Å². The van der Waals surface area contributed by atoms with Gasteiger partial charge >= 0.3 is 0 Å². The van der Waals surface area contributed by atoms with E-state index in [-0.39, 0.29) is 16.3 Å². The molecule has 1 N–H and O–H groups in total. The zero-order valence-electron chi connectivity index (χ0n) is 9.75. The van der Waals surface area contributed by atoms with Crippen molar-refractivity contribution in [1.82, 2.24) is 9.97 Å². The zero-order chi connectivity index (χ0) is 14.0. The van der Waals surface area contributed by atoms with Crippen LogP contribution in [0.5, 0.6) is 0 Å². The molecular formula is C12H8Cl2FN3O.